The molecule has 130 valence electrons. The molecule has 5 heteroatoms. The summed E-state index contributed by atoms with van der Waals surface area (Å²) in [6, 6.07) is 7.63. The maximum atomic E-state index is 12.9. The molecule has 0 radical (unpaired) electrons. The van der Waals surface area contributed by atoms with Gasteiger partial charge in [0.2, 0.25) is 0 Å². The van der Waals surface area contributed by atoms with E-state index in [-0.39, 0.29) is 5.91 Å². The van der Waals surface area contributed by atoms with Crippen molar-refractivity contribution in [3.05, 3.63) is 39.8 Å². The first kappa shape index (κ1) is 19.1. The number of halogens is 1. The van der Waals surface area contributed by atoms with Crippen molar-refractivity contribution in [1.82, 2.24) is 4.90 Å². The Bertz CT molecular complexity index is 637. The molecule has 0 atom stereocenters. The first-order chi connectivity index (χ1) is 11.6. The van der Waals surface area contributed by atoms with E-state index in [1.807, 2.05) is 36.1 Å². The van der Waals surface area contributed by atoms with Crippen LogP contribution in [-0.2, 0) is 4.79 Å². The van der Waals surface area contributed by atoms with Crippen LogP contribution in [0.3, 0.4) is 0 Å². The SMILES string of the molecule is CCCCN=C1S/C(=C(/C)c2ccc(Cl)cc2)C(=O)N1CCCC. The van der Waals surface area contributed by atoms with E-state index in [1.54, 1.807) is 0 Å². The highest BCUT2D eigenvalue weighted by Gasteiger charge is 2.34. The van der Waals surface area contributed by atoms with Crippen molar-refractivity contribution in [2.75, 3.05) is 13.1 Å². The van der Waals surface area contributed by atoms with Crippen LogP contribution in [0.5, 0.6) is 0 Å². The number of nitrogens with zero attached hydrogens (tertiary/aromatic N) is 2. The molecule has 0 saturated carbocycles. The Morgan fingerprint density at radius 3 is 2.46 bits per heavy atom. The van der Waals surface area contributed by atoms with E-state index in [2.05, 4.69) is 18.8 Å². The molecular formula is C19H25ClN2OS. The molecule has 0 N–H and O–H groups in total. The number of benzene rings is 1. The van der Waals surface area contributed by atoms with Crippen molar-refractivity contribution in [3.8, 4) is 0 Å². The summed E-state index contributed by atoms with van der Waals surface area (Å²) >= 11 is 7.47. The first-order valence-electron chi connectivity index (χ1n) is 8.59. The van der Waals surface area contributed by atoms with E-state index < -0.39 is 0 Å². The molecule has 0 aliphatic carbocycles. The normalized spacial score (nSPS) is 18.6. The van der Waals surface area contributed by atoms with Crippen LogP contribution < -0.4 is 0 Å². The Morgan fingerprint density at radius 1 is 1.17 bits per heavy atom. The van der Waals surface area contributed by atoms with Crippen LogP contribution in [0.4, 0.5) is 0 Å². The van der Waals surface area contributed by atoms with Gasteiger partial charge in [0.25, 0.3) is 5.91 Å². The van der Waals surface area contributed by atoms with Crippen molar-refractivity contribution in [2.45, 2.75) is 46.5 Å². The standard InChI is InChI=1S/C19H25ClN2OS/c1-4-6-12-21-19-22(13-7-5-2)18(23)17(24-19)14(3)15-8-10-16(20)11-9-15/h8-11H,4-7,12-13H2,1-3H3/b17-14-,21-19?. The molecule has 1 saturated heterocycles. The Morgan fingerprint density at radius 2 is 1.83 bits per heavy atom. The van der Waals surface area contributed by atoms with Crippen LogP contribution in [0.2, 0.25) is 5.02 Å². The van der Waals surface area contributed by atoms with Gasteiger partial charge in [-0.05, 0) is 54.8 Å². The van der Waals surface area contributed by atoms with Gasteiger partial charge in [-0.25, -0.2) is 0 Å². The van der Waals surface area contributed by atoms with Gasteiger partial charge in [-0.2, -0.15) is 0 Å². The fourth-order valence-electron chi connectivity index (χ4n) is 2.43. The summed E-state index contributed by atoms with van der Waals surface area (Å²) in [4.78, 5) is 20.2. The zero-order valence-electron chi connectivity index (χ0n) is 14.6. The summed E-state index contributed by atoms with van der Waals surface area (Å²) in [5.41, 5.74) is 2.02. The number of amides is 1. The van der Waals surface area contributed by atoms with Gasteiger partial charge in [-0.1, -0.05) is 50.4 Å². The maximum Gasteiger partial charge on any atom is 0.267 e. The highest BCUT2D eigenvalue weighted by Crippen LogP contribution is 2.37. The van der Waals surface area contributed by atoms with E-state index in [0.29, 0.717) is 5.02 Å². The van der Waals surface area contributed by atoms with E-state index in [4.69, 9.17) is 11.6 Å². The summed E-state index contributed by atoms with van der Waals surface area (Å²) in [5, 5.41) is 1.55. The summed E-state index contributed by atoms with van der Waals surface area (Å²) in [6.07, 6.45) is 4.21. The Labute approximate surface area is 154 Å². The van der Waals surface area contributed by atoms with Crippen LogP contribution >= 0.6 is 23.4 Å². The van der Waals surface area contributed by atoms with Crippen LogP contribution in [0.15, 0.2) is 34.2 Å². The third-order valence-corrected chi connectivity index (χ3v) is 5.44. The number of aliphatic imine (C=N–C) groups is 1. The van der Waals surface area contributed by atoms with E-state index in [0.717, 1.165) is 60.0 Å². The lowest BCUT2D eigenvalue weighted by Crippen LogP contribution is -2.30. The van der Waals surface area contributed by atoms with Gasteiger partial charge in [0.15, 0.2) is 5.17 Å². The highest BCUT2D eigenvalue weighted by molar-refractivity contribution is 8.18. The first-order valence-corrected chi connectivity index (χ1v) is 9.78. The van der Waals surface area contributed by atoms with Gasteiger partial charge in [-0.3, -0.25) is 14.7 Å². The lowest BCUT2D eigenvalue weighted by molar-refractivity contribution is -0.122. The minimum Gasteiger partial charge on any atom is -0.287 e. The lowest BCUT2D eigenvalue weighted by Gasteiger charge is -2.15. The van der Waals surface area contributed by atoms with Crippen molar-refractivity contribution in [2.24, 2.45) is 4.99 Å². The number of thioether (sulfide) groups is 1. The van der Waals surface area contributed by atoms with Crippen molar-refractivity contribution < 1.29 is 4.79 Å². The van der Waals surface area contributed by atoms with E-state index >= 15 is 0 Å². The molecular weight excluding hydrogens is 340 g/mol. The average molecular weight is 365 g/mol. The lowest BCUT2D eigenvalue weighted by atomic mass is 10.1. The number of unbranched alkanes of at least 4 members (excludes halogenated alkanes) is 2. The second kappa shape index (κ2) is 9.28. The minimum atomic E-state index is 0.0798. The largest absolute Gasteiger partial charge is 0.287 e. The molecule has 3 nitrogen and oxygen atoms in total. The topological polar surface area (TPSA) is 32.7 Å². The highest BCUT2D eigenvalue weighted by atomic mass is 35.5. The van der Waals surface area contributed by atoms with Crippen LogP contribution in [0, 0.1) is 0 Å². The maximum absolute atomic E-state index is 12.9. The monoisotopic (exact) mass is 364 g/mol. The number of hydrogen-bond acceptors (Lipinski definition) is 3. The molecule has 0 spiro atoms. The number of carbonyl (C=O) groups is 1. The molecule has 1 amide bonds. The predicted octanol–water partition coefficient (Wildman–Crippen LogP) is 5.60. The van der Waals surface area contributed by atoms with Gasteiger partial charge in [0, 0.05) is 18.1 Å². The van der Waals surface area contributed by atoms with Crippen molar-refractivity contribution in [3.63, 3.8) is 0 Å². The second-order valence-electron chi connectivity index (χ2n) is 5.89. The third kappa shape index (κ3) is 4.64. The number of carbonyl (C=O) groups excluding carboxylic acids is 1. The fraction of sp³-hybridized carbons (Fsp3) is 0.474. The summed E-state index contributed by atoms with van der Waals surface area (Å²) in [5.74, 6) is 0.0798. The van der Waals surface area contributed by atoms with Gasteiger partial charge in [0.1, 0.15) is 0 Å². The van der Waals surface area contributed by atoms with Gasteiger partial charge >= 0.3 is 0 Å². The second-order valence-corrected chi connectivity index (χ2v) is 7.31. The quantitative estimate of drug-likeness (QED) is 0.465. The Hall–Kier alpha value is -1.26. The average Bonchev–Trinajstić information content (AvgIpc) is 2.89. The number of allylic oxidation sites excluding steroid dienone is 1. The molecule has 1 heterocycles. The van der Waals surface area contributed by atoms with E-state index in [9.17, 15) is 4.79 Å². The molecule has 1 aromatic rings. The number of amidine groups is 1. The molecule has 0 bridgehead atoms. The summed E-state index contributed by atoms with van der Waals surface area (Å²) < 4.78 is 0. The molecule has 0 aromatic heterocycles. The summed E-state index contributed by atoms with van der Waals surface area (Å²) in [6.45, 7) is 7.80. The molecule has 24 heavy (non-hydrogen) atoms. The Kier molecular flexibility index (Phi) is 7.38. The van der Waals surface area contributed by atoms with Crippen LogP contribution in [-0.4, -0.2) is 29.1 Å². The predicted molar refractivity (Wildman–Crippen MR) is 105 cm³/mol. The number of hydrogen-bond donors (Lipinski definition) is 0. The van der Waals surface area contributed by atoms with Gasteiger partial charge in [-0.15, -0.1) is 0 Å². The van der Waals surface area contributed by atoms with Crippen molar-refractivity contribution >= 4 is 40.0 Å². The Balaban J connectivity index is 2.30. The molecule has 0 unspecified atom stereocenters. The molecule has 1 aliphatic rings. The molecule has 1 fully saturated rings. The zero-order chi connectivity index (χ0) is 17.5. The fourth-order valence-corrected chi connectivity index (χ4v) is 3.65. The van der Waals surface area contributed by atoms with Gasteiger partial charge < -0.3 is 0 Å². The summed E-state index contributed by atoms with van der Waals surface area (Å²) in [7, 11) is 0. The third-order valence-electron chi connectivity index (χ3n) is 3.98. The minimum absolute atomic E-state index is 0.0798. The number of rotatable bonds is 7. The van der Waals surface area contributed by atoms with E-state index in [1.165, 1.54) is 11.8 Å². The molecule has 1 aliphatic heterocycles. The van der Waals surface area contributed by atoms with Crippen LogP contribution in [0.25, 0.3) is 5.57 Å². The van der Waals surface area contributed by atoms with Crippen molar-refractivity contribution in [1.29, 1.82) is 0 Å². The smallest absolute Gasteiger partial charge is 0.267 e. The zero-order valence-corrected chi connectivity index (χ0v) is 16.2. The van der Waals surface area contributed by atoms with Crippen LogP contribution in [0.1, 0.15) is 52.0 Å². The molecule has 2 rings (SSSR count). The van der Waals surface area contributed by atoms with Gasteiger partial charge in [0.05, 0.1) is 4.91 Å². The molecule has 1 aromatic carbocycles.